The SMILES string of the molecule is CC(=O)N(CC1CCCN1Cc1cc(C#N)cs1)C1CC1. The van der Waals surface area contributed by atoms with Crippen molar-refractivity contribution in [2.75, 3.05) is 13.1 Å². The Labute approximate surface area is 130 Å². The van der Waals surface area contributed by atoms with Gasteiger partial charge in [-0.15, -0.1) is 11.3 Å². The first-order chi connectivity index (χ1) is 10.2. The summed E-state index contributed by atoms with van der Waals surface area (Å²) in [5, 5.41) is 10.8. The first-order valence-corrected chi connectivity index (χ1v) is 8.54. The van der Waals surface area contributed by atoms with Crippen LogP contribution in [0.1, 0.15) is 43.0 Å². The number of hydrogen-bond acceptors (Lipinski definition) is 4. The molecule has 112 valence electrons. The average Bonchev–Trinajstić information content (AvgIpc) is 3.04. The lowest BCUT2D eigenvalue weighted by Crippen LogP contribution is -2.43. The topological polar surface area (TPSA) is 47.3 Å². The highest BCUT2D eigenvalue weighted by Crippen LogP contribution is 2.30. The third kappa shape index (κ3) is 3.45. The molecule has 1 aromatic rings. The molecule has 1 aliphatic heterocycles. The number of carbonyl (C=O) groups is 1. The van der Waals surface area contributed by atoms with Crippen molar-refractivity contribution < 1.29 is 4.79 Å². The maximum atomic E-state index is 11.8. The van der Waals surface area contributed by atoms with Crippen LogP contribution >= 0.6 is 11.3 Å². The van der Waals surface area contributed by atoms with Crippen molar-refractivity contribution in [2.24, 2.45) is 0 Å². The summed E-state index contributed by atoms with van der Waals surface area (Å²) in [7, 11) is 0. The predicted molar refractivity (Wildman–Crippen MR) is 82.9 cm³/mol. The predicted octanol–water partition coefficient (Wildman–Crippen LogP) is 2.60. The summed E-state index contributed by atoms with van der Waals surface area (Å²) in [5.41, 5.74) is 0.758. The number of thiophene rings is 1. The van der Waals surface area contributed by atoms with E-state index in [2.05, 4.69) is 15.9 Å². The minimum absolute atomic E-state index is 0.215. The maximum Gasteiger partial charge on any atom is 0.219 e. The van der Waals surface area contributed by atoms with Gasteiger partial charge in [-0.3, -0.25) is 9.69 Å². The second-order valence-corrected chi connectivity index (χ2v) is 7.08. The largest absolute Gasteiger partial charge is 0.338 e. The Hall–Kier alpha value is -1.38. The van der Waals surface area contributed by atoms with E-state index in [0.717, 1.165) is 25.2 Å². The lowest BCUT2D eigenvalue weighted by molar-refractivity contribution is -0.130. The zero-order valence-electron chi connectivity index (χ0n) is 12.4. The van der Waals surface area contributed by atoms with Gasteiger partial charge in [-0.2, -0.15) is 5.26 Å². The summed E-state index contributed by atoms with van der Waals surface area (Å²) in [6.07, 6.45) is 4.72. The highest BCUT2D eigenvalue weighted by molar-refractivity contribution is 7.10. The van der Waals surface area contributed by atoms with Crippen molar-refractivity contribution in [2.45, 2.75) is 51.2 Å². The van der Waals surface area contributed by atoms with Gasteiger partial charge >= 0.3 is 0 Å². The zero-order chi connectivity index (χ0) is 14.8. The van der Waals surface area contributed by atoms with Gasteiger partial charge < -0.3 is 4.90 Å². The molecule has 1 aliphatic carbocycles. The van der Waals surface area contributed by atoms with E-state index in [9.17, 15) is 4.79 Å². The first-order valence-electron chi connectivity index (χ1n) is 7.66. The number of hydrogen-bond donors (Lipinski definition) is 0. The second kappa shape index (κ2) is 6.17. The normalized spacial score (nSPS) is 22.2. The highest BCUT2D eigenvalue weighted by Gasteiger charge is 2.35. The molecule has 1 saturated carbocycles. The van der Waals surface area contributed by atoms with Gasteiger partial charge in [-0.1, -0.05) is 0 Å². The molecule has 2 heterocycles. The molecule has 3 rings (SSSR count). The Morgan fingerprint density at radius 1 is 1.52 bits per heavy atom. The van der Waals surface area contributed by atoms with Gasteiger partial charge in [0.05, 0.1) is 5.56 Å². The Morgan fingerprint density at radius 3 is 2.95 bits per heavy atom. The molecule has 1 amide bonds. The summed E-state index contributed by atoms with van der Waals surface area (Å²) in [4.78, 5) is 17.6. The zero-order valence-corrected chi connectivity index (χ0v) is 13.2. The van der Waals surface area contributed by atoms with Gasteiger partial charge in [-0.25, -0.2) is 0 Å². The molecule has 0 bridgehead atoms. The minimum atomic E-state index is 0.215. The fourth-order valence-electron chi connectivity index (χ4n) is 3.18. The molecule has 2 fully saturated rings. The summed E-state index contributed by atoms with van der Waals surface area (Å²) >= 11 is 1.66. The van der Waals surface area contributed by atoms with Gasteiger partial charge in [0.25, 0.3) is 0 Å². The van der Waals surface area contributed by atoms with Gasteiger partial charge in [0.1, 0.15) is 6.07 Å². The van der Waals surface area contributed by atoms with E-state index in [1.165, 1.54) is 30.6 Å². The highest BCUT2D eigenvalue weighted by atomic mass is 32.1. The molecule has 1 saturated heterocycles. The van der Waals surface area contributed by atoms with E-state index >= 15 is 0 Å². The number of likely N-dealkylation sites (tertiary alicyclic amines) is 1. The van der Waals surface area contributed by atoms with Crippen molar-refractivity contribution in [3.05, 3.63) is 21.9 Å². The summed E-state index contributed by atoms with van der Waals surface area (Å²) in [6.45, 7) is 4.57. The van der Waals surface area contributed by atoms with Crippen LogP contribution in [0.4, 0.5) is 0 Å². The fourth-order valence-corrected chi connectivity index (χ4v) is 4.01. The second-order valence-electron chi connectivity index (χ2n) is 6.08. The lowest BCUT2D eigenvalue weighted by atomic mass is 10.2. The molecule has 1 unspecified atom stereocenters. The molecule has 2 aliphatic rings. The van der Waals surface area contributed by atoms with E-state index in [0.29, 0.717) is 12.1 Å². The average molecular weight is 303 g/mol. The van der Waals surface area contributed by atoms with Crippen LogP contribution in [0, 0.1) is 11.3 Å². The monoisotopic (exact) mass is 303 g/mol. The van der Waals surface area contributed by atoms with E-state index in [1.54, 1.807) is 18.3 Å². The van der Waals surface area contributed by atoms with Gasteiger partial charge in [-0.05, 0) is 38.3 Å². The molecule has 21 heavy (non-hydrogen) atoms. The molecule has 1 aromatic heterocycles. The van der Waals surface area contributed by atoms with Crippen LogP contribution in [0.15, 0.2) is 11.4 Å². The third-order valence-electron chi connectivity index (χ3n) is 4.44. The molecular weight excluding hydrogens is 282 g/mol. The van der Waals surface area contributed by atoms with Gasteiger partial charge in [0.15, 0.2) is 0 Å². The van der Waals surface area contributed by atoms with Crippen molar-refractivity contribution in [1.82, 2.24) is 9.80 Å². The van der Waals surface area contributed by atoms with Crippen LogP contribution < -0.4 is 0 Å². The van der Waals surface area contributed by atoms with Gasteiger partial charge in [0.2, 0.25) is 5.91 Å². The van der Waals surface area contributed by atoms with Crippen LogP contribution in [0.5, 0.6) is 0 Å². The van der Waals surface area contributed by atoms with E-state index < -0.39 is 0 Å². The Balaban J connectivity index is 1.62. The number of carbonyl (C=O) groups excluding carboxylic acids is 1. The Kier molecular flexibility index (Phi) is 4.27. The fraction of sp³-hybridized carbons (Fsp3) is 0.625. The first kappa shape index (κ1) is 14.6. The van der Waals surface area contributed by atoms with Gasteiger partial charge in [0, 0.05) is 42.4 Å². The number of nitriles is 1. The number of rotatable bonds is 5. The lowest BCUT2D eigenvalue weighted by Gasteiger charge is -2.30. The summed E-state index contributed by atoms with van der Waals surface area (Å²) in [6, 6.07) is 5.15. The molecule has 0 spiro atoms. The minimum Gasteiger partial charge on any atom is -0.338 e. The van der Waals surface area contributed by atoms with E-state index in [1.807, 2.05) is 11.4 Å². The maximum absolute atomic E-state index is 11.8. The standard InChI is InChI=1S/C16H21N3OS/c1-12(20)19(14-4-5-14)9-15-3-2-6-18(15)10-16-7-13(8-17)11-21-16/h7,11,14-15H,2-6,9-10H2,1H3. The molecule has 0 aromatic carbocycles. The van der Waals surface area contributed by atoms with Crippen molar-refractivity contribution in [3.8, 4) is 6.07 Å². The number of nitrogens with zero attached hydrogens (tertiary/aromatic N) is 3. The Bertz CT molecular complexity index is 558. The number of amides is 1. The molecule has 0 N–H and O–H groups in total. The van der Waals surface area contributed by atoms with Crippen molar-refractivity contribution in [3.63, 3.8) is 0 Å². The molecule has 0 radical (unpaired) electrons. The smallest absolute Gasteiger partial charge is 0.219 e. The van der Waals surface area contributed by atoms with Crippen LogP contribution in [0.25, 0.3) is 0 Å². The molecule has 4 nitrogen and oxygen atoms in total. The van der Waals surface area contributed by atoms with Crippen LogP contribution in [-0.4, -0.2) is 40.9 Å². The van der Waals surface area contributed by atoms with E-state index in [4.69, 9.17) is 5.26 Å². The van der Waals surface area contributed by atoms with Crippen LogP contribution in [-0.2, 0) is 11.3 Å². The quantitative estimate of drug-likeness (QED) is 0.840. The van der Waals surface area contributed by atoms with Crippen LogP contribution in [0.3, 0.4) is 0 Å². The summed E-state index contributed by atoms with van der Waals surface area (Å²) < 4.78 is 0. The third-order valence-corrected chi connectivity index (χ3v) is 5.36. The van der Waals surface area contributed by atoms with E-state index in [-0.39, 0.29) is 5.91 Å². The van der Waals surface area contributed by atoms with Crippen molar-refractivity contribution in [1.29, 1.82) is 5.26 Å². The summed E-state index contributed by atoms with van der Waals surface area (Å²) in [5.74, 6) is 0.215. The molecular formula is C16H21N3OS. The molecule has 5 heteroatoms. The Morgan fingerprint density at radius 2 is 2.33 bits per heavy atom. The van der Waals surface area contributed by atoms with Crippen molar-refractivity contribution >= 4 is 17.2 Å². The van der Waals surface area contributed by atoms with Crippen LogP contribution in [0.2, 0.25) is 0 Å². The molecule has 1 atom stereocenters.